The van der Waals surface area contributed by atoms with E-state index in [0.717, 1.165) is 29.8 Å². The summed E-state index contributed by atoms with van der Waals surface area (Å²) in [6.07, 6.45) is 4.46. The van der Waals surface area contributed by atoms with Gasteiger partial charge in [-0.2, -0.15) is 0 Å². The average Bonchev–Trinajstić information content (AvgIpc) is 3.13. The van der Waals surface area contributed by atoms with Gasteiger partial charge in [0.2, 0.25) is 5.91 Å². The first-order chi connectivity index (χ1) is 16.4. The molecule has 34 heavy (non-hydrogen) atoms. The van der Waals surface area contributed by atoms with Crippen molar-refractivity contribution < 1.29 is 14.3 Å². The van der Waals surface area contributed by atoms with Crippen LogP contribution in [0.4, 0.5) is 5.69 Å². The van der Waals surface area contributed by atoms with Crippen molar-refractivity contribution in [2.24, 2.45) is 4.99 Å². The average molecular weight is 480 g/mol. The van der Waals surface area contributed by atoms with Crippen molar-refractivity contribution in [2.45, 2.75) is 58.3 Å². The number of rotatable bonds is 10. The third kappa shape index (κ3) is 6.73. The first kappa shape index (κ1) is 25.6. The quantitative estimate of drug-likeness (QED) is 0.353. The van der Waals surface area contributed by atoms with Crippen molar-refractivity contribution >= 4 is 40.5 Å². The Bertz CT molecular complexity index is 1030. The van der Waals surface area contributed by atoms with Gasteiger partial charge in [0.25, 0.3) is 5.91 Å². The lowest BCUT2D eigenvalue weighted by Gasteiger charge is -2.21. The Morgan fingerprint density at radius 2 is 1.82 bits per heavy atom. The van der Waals surface area contributed by atoms with Gasteiger partial charge in [-0.15, -0.1) is 0 Å². The van der Waals surface area contributed by atoms with Crippen LogP contribution >= 0.6 is 11.8 Å². The minimum absolute atomic E-state index is 0.0257. The van der Waals surface area contributed by atoms with E-state index in [9.17, 15) is 9.59 Å². The van der Waals surface area contributed by atoms with Crippen LogP contribution in [0, 0.1) is 0 Å². The van der Waals surface area contributed by atoms with Crippen LogP contribution < -0.4 is 15.0 Å². The Morgan fingerprint density at radius 3 is 2.44 bits per heavy atom. The lowest BCUT2D eigenvalue weighted by molar-refractivity contribution is -0.120. The first-order valence-electron chi connectivity index (χ1n) is 11.8. The SMILES string of the molecule is CCCCNC(=O)[C@@H](CC)SC1=N/C(=C/c2ccc(OC(C)C)cc2)C(=O)N1c1ccccc1. The summed E-state index contributed by atoms with van der Waals surface area (Å²) in [5.41, 5.74) is 1.92. The number of amidine groups is 1. The molecule has 0 fully saturated rings. The predicted molar refractivity (Wildman–Crippen MR) is 141 cm³/mol. The number of ether oxygens (including phenoxy) is 1. The highest BCUT2D eigenvalue weighted by molar-refractivity contribution is 8.15. The highest BCUT2D eigenvalue weighted by atomic mass is 32.2. The first-order valence-corrected chi connectivity index (χ1v) is 12.7. The third-order valence-corrected chi connectivity index (χ3v) is 6.46. The number of thioether (sulfide) groups is 1. The molecule has 0 saturated carbocycles. The summed E-state index contributed by atoms with van der Waals surface area (Å²) in [4.78, 5) is 32.4. The summed E-state index contributed by atoms with van der Waals surface area (Å²) in [6.45, 7) is 8.67. The third-order valence-electron chi connectivity index (χ3n) is 5.14. The molecule has 1 atom stereocenters. The van der Waals surface area contributed by atoms with Crippen LogP contribution in [0.25, 0.3) is 6.08 Å². The van der Waals surface area contributed by atoms with Crippen LogP contribution in [-0.2, 0) is 9.59 Å². The second kappa shape index (κ2) is 12.4. The molecule has 1 heterocycles. The number of nitrogens with zero attached hydrogens (tertiary/aromatic N) is 2. The van der Waals surface area contributed by atoms with Crippen LogP contribution in [0.1, 0.15) is 52.5 Å². The molecule has 0 unspecified atom stereocenters. The van der Waals surface area contributed by atoms with Crippen LogP contribution in [-0.4, -0.2) is 34.9 Å². The number of nitrogens with one attached hydrogen (secondary N) is 1. The van der Waals surface area contributed by atoms with E-state index in [2.05, 4.69) is 17.2 Å². The molecule has 1 N–H and O–H groups in total. The number of benzene rings is 2. The number of hydrogen-bond acceptors (Lipinski definition) is 5. The van der Waals surface area contributed by atoms with Gasteiger partial charge in [-0.3, -0.25) is 14.5 Å². The van der Waals surface area contributed by atoms with Gasteiger partial charge in [0.1, 0.15) is 11.4 Å². The Labute approximate surface area is 206 Å². The summed E-state index contributed by atoms with van der Waals surface area (Å²) >= 11 is 1.33. The maximum absolute atomic E-state index is 13.4. The highest BCUT2D eigenvalue weighted by Crippen LogP contribution is 2.32. The molecule has 2 aromatic rings. The minimum Gasteiger partial charge on any atom is -0.491 e. The molecule has 6 nitrogen and oxygen atoms in total. The number of aliphatic imine (C=N–C) groups is 1. The number of carbonyl (C=O) groups excluding carboxylic acids is 2. The number of carbonyl (C=O) groups is 2. The summed E-state index contributed by atoms with van der Waals surface area (Å²) < 4.78 is 5.70. The Hall–Kier alpha value is -3.06. The smallest absolute Gasteiger partial charge is 0.283 e. The lowest BCUT2D eigenvalue weighted by Crippen LogP contribution is -2.37. The van der Waals surface area contributed by atoms with Crippen molar-refractivity contribution in [1.82, 2.24) is 5.32 Å². The van der Waals surface area contributed by atoms with Crippen LogP contribution in [0.2, 0.25) is 0 Å². The molecule has 0 radical (unpaired) electrons. The number of amides is 2. The molecule has 0 aliphatic carbocycles. The zero-order valence-electron chi connectivity index (χ0n) is 20.3. The predicted octanol–water partition coefficient (Wildman–Crippen LogP) is 5.65. The molecular formula is C27H33N3O3S. The summed E-state index contributed by atoms with van der Waals surface area (Å²) in [7, 11) is 0. The molecule has 0 saturated heterocycles. The fourth-order valence-corrected chi connectivity index (χ4v) is 4.46. The molecule has 1 aliphatic rings. The van der Waals surface area contributed by atoms with Crippen molar-refractivity contribution in [3.63, 3.8) is 0 Å². The highest BCUT2D eigenvalue weighted by Gasteiger charge is 2.34. The van der Waals surface area contributed by atoms with E-state index in [1.165, 1.54) is 11.8 Å². The van der Waals surface area contributed by atoms with Gasteiger partial charge in [0.05, 0.1) is 17.0 Å². The molecule has 3 rings (SSSR count). The number of hydrogen-bond donors (Lipinski definition) is 1. The zero-order valence-corrected chi connectivity index (χ0v) is 21.1. The number of unbranched alkanes of at least 4 members (excludes halogenated alkanes) is 1. The van der Waals surface area contributed by atoms with Crippen LogP contribution in [0.3, 0.4) is 0 Å². The monoisotopic (exact) mass is 479 g/mol. The number of anilines is 1. The van der Waals surface area contributed by atoms with Crippen LogP contribution in [0.5, 0.6) is 5.75 Å². The van der Waals surface area contributed by atoms with Gasteiger partial charge in [-0.1, -0.05) is 62.4 Å². The second-order valence-electron chi connectivity index (χ2n) is 8.30. The van der Waals surface area contributed by atoms with Crippen molar-refractivity contribution in [3.05, 3.63) is 65.9 Å². The lowest BCUT2D eigenvalue weighted by atomic mass is 10.2. The molecule has 2 aromatic carbocycles. The summed E-state index contributed by atoms with van der Waals surface area (Å²) in [6, 6.07) is 17.0. The van der Waals surface area contributed by atoms with Crippen molar-refractivity contribution in [1.29, 1.82) is 0 Å². The topological polar surface area (TPSA) is 71.0 Å². The van der Waals surface area contributed by atoms with Gasteiger partial charge in [-0.25, -0.2) is 4.99 Å². The van der Waals surface area contributed by atoms with E-state index in [-0.39, 0.29) is 23.2 Å². The largest absolute Gasteiger partial charge is 0.491 e. The Balaban J connectivity index is 1.87. The molecule has 180 valence electrons. The van der Waals surface area contributed by atoms with E-state index in [4.69, 9.17) is 4.74 Å². The zero-order chi connectivity index (χ0) is 24.5. The van der Waals surface area contributed by atoms with Crippen molar-refractivity contribution in [3.8, 4) is 5.75 Å². The maximum atomic E-state index is 13.4. The Morgan fingerprint density at radius 1 is 1.12 bits per heavy atom. The van der Waals surface area contributed by atoms with E-state index in [1.807, 2.05) is 75.4 Å². The molecule has 1 aliphatic heterocycles. The van der Waals surface area contributed by atoms with Crippen LogP contribution in [0.15, 0.2) is 65.3 Å². The number of para-hydroxylation sites is 1. The van der Waals surface area contributed by atoms with E-state index >= 15 is 0 Å². The van der Waals surface area contributed by atoms with Crippen molar-refractivity contribution in [2.75, 3.05) is 11.4 Å². The van der Waals surface area contributed by atoms with E-state index < -0.39 is 0 Å². The minimum atomic E-state index is -0.332. The Kier molecular flexibility index (Phi) is 9.33. The maximum Gasteiger partial charge on any atom is 0.283 e. The van der Waals surface area contributed by atoms with E-state index in [0.29, 0.717) is 23.8 Å². The fourth-order valence-electron chi connectivity index (χ4n) is 3.40. The molecule has 7 heteroatoms. The molecular weight excluding hydrogens is 446 g/mol. The standard InChI is InChI=1S/C27H33N3O3S/c1-5-7-17-28-25(31)24(6-2)34-27-29-23(26(32)30(27)21-11-9-8-10-12-21)18-20-13-15-22(16-14-20)33-19(3)4/h8-16,18-19,24H,5-7,17H2,1-4H3,(H,28,31)/b23-18+/t24-/m1/s1. The molecule has 0 spiro atoms. The van der Waals surface area contributed by atoms with Gasteiger partial charge in [0, 0.05) is 6.54 Å². The van der Waals surface area contributed by atoms with Gasteiger partial charge < -0.3 is 10.1 Å². The molecule has 2 amide bonds. The summed E-state index contributed by atoms with van der Waals surface area (Å²) in [5, 5.41) is 3.18. The second-order valence-corrected chi connectivity index (χ2v) is 9.46. The fraction of sp³-hybridized carbons (Fsp3) is 0.370. The summed E-state index contributed by atoms with van der Waals surface area (Å²) in [5.74, 6) is 0.542. The molecule has 0 bridgehead atoms. The normalized spacial score (nSPS) is 15.6. The van der Waals surface area contributed by atoms with Gasteiger partial charge in [0.15, 0.2) is 5.17 Å². The molecule has 0 aromatic heterocycles. The van der Waals surface area contributed by atoms with Gasteiger partial charge in [-0.05, 0) is 62.6 Å². The van der Waals surface area contributed by atoms with E-state index in [1.54, 1.807) is 11.0 Å². The van der Waals surface area contributed by atoms with Gasteiger partial charge >= 0.3 is 0 Å².